The number of para-hydroxylation sites is 3. The molecule has 0 radical (unpaired) electrons. The van der Waals surface area contributed by atoms with Crippen molar-refractivity contribution in [3.63, 3.8) is 0 Å². The summed E-state index contributed by atoms with van der Waals surface area (Å²) in [5.41, 5.74) is 8.46. The second-order valence-corrected chi connectivity index (χ2v) is 20.7. The van der Waals surface area contributed by atoms with E-state index in [2.05, 4.69) is 252 Å². The van der Waals surface area contributed by atoms with Crippen LogP contribution < -0.4 is 20.7 Å². The fourth-order valence-electron chi connectivity index (χ4n) is 10.7. The smallest absolute Gasteiger partial charge is 0.235 e. The average Bonchev–Trinajstić information content (AvgIpc) is 3.90. The maximum absolute atomic E-state index is 5.61. The summed E-state index contributed by atoms with van der Waals surface area (Å²) in [4.78, 5) is 11.0. The third kappa shape index (κ3) is 5.69. The highest BCUT2D eigenvalue weighted by Crippen LogP contribution is 2.39. The van der Waals surface area contributed by atoms with Gasteiger partial charge in [-0.1, -0.05) is 194 Å². The molecule has 5 heteroatoms. The number of rotatable bonds is 7. The minimum absolute atomic E-state index is 0.645. The first kappa shape index (κ1) is 37.2. The van der Waals surface area contributed by atoms with Crippen LogP contribution in [0.25, 0.3) is 88.2 Å². The zero-order valence-electron chi connectivity index (χ0n) is 35.4. The average molecular weight is 845 g/mol. The molecule has 0 aliphatic heterocycles. The van der Waals surface area contributed by atoms with Crippen molar-refractivity contribution < 1.29 is 0 Å². The molecular formula is C60H40N4Si. The molecular weight excluding hydrogens is 805 g/mol. The highest BCUT2D eigenvalue weighted by molar-refractivity contribution is 7.20. The van der Waals surface area contributed by atoms with Crippen molar-refractivity contribution in [1.29, 1.82) is 0 Å². The van der Waals surface area contributed by atoms with Crippen LogP contribution in [0.15, 0.2) is 243 Å². The van der Waals surface area contributed by atoms with Crippen LogP contribution in [0.1, 0.15) is 0 Å². The van der Waals surface area contributed by atoms with E-state index in [-0.39, 0.29) is 0 Å². The van der Waals surface area contributed by atoms with Crippen LogP contribution in [0.5, 0.6) is 0 Å². The second-order valence-electron chi connectivity index (χ2n) is 16.9. The summed E-state index contributed by atoms with van der Waals surface area (Å²) >= 11 is 0. The molecule has 3 aromatic heterocycles. The Balaban J connectivity index is 1.09. The Hall–Kier alpha value is -8.38. The largest absolute Gasteiger partial charge is 0.309 e. The molecule has 10 aromatic carbocycles. The Morgan fingerprint density at radius 3 is 1.57 bits per heavy atom. The monoisotopic (exact) mass is 844 g/mol. The third-order valence-corrected chi connectivity index (χ3v) is 18.2. The van der Waals surface area contributed by atoms with Crippen LogP contribution in [0, 0.1) is 0 Å². The van der Waals surface area contributed by atoms with Crippen molar-refractivity contribution in [3.8, 4) is 22.9 Å². The van der Waals surface area contributed by atoms with E-state index in [4.69, 9.17) is 9.97 Å². The predicted molar refractivity (Wildman–Crippen MR) is 275 cm³/mol. The summed E-state index contributed by atoms with van der Waals surface area (Å²) in [6.45, 7) is 0. The molecule has 13 aromatic rings. The Morgan fingerprint density at radius 1 is 0.323 bits per heavy atom. The van der Waals surface area contributed by atoms with E-state index >= 15 is 0 Å². The summed E-state index contributed by atoms with van der Waals surface area (Å²) < 4.78 is 4.66. The van der Waals surface area contributed by atoms with E-state index in [0.29, 0.717) is 5.95 Å². The third-order valence-electron chi connectivity index (χ3n) is 13.5. The molecule has 0 spiro atoms. The Kier molecular flexibility index (Phi) is 8.51. The topological polar surface area (TPSA) is 35.6 Å². The highest BCUT2D eigenvalue weighted by atomic mass is 28.3. The van der Waals surface area contributed by atoms with Gasteiger partial charge in [-0.05, 0) is 80.1 Å². The van der Waals surface area contributed by atoms with Crippen molar-refractivity contribution in [3.05, 3.63) is 243 Å². The van der Waals surface area contributed by atoms with E-state index in [1.807, 2.05) is 0 Å². The molecule has 0 saturated carbocycles. The van der Waals surface area contributed by atoms with Crippen LogP contribution in [0.4, 0.5) is 0 Å². The molecule has 0 saturated heterocycles. The lowest BCUT2D eigenvalue weighted by Gasteiger charge is -2.34. The van der Waals surface area contributed by atoms with Crippen LogP contribution in [-0.4, -0.2) is 27.2 Å². The molecule has 0 amide bonds. The predicted octanol–water partition coefficient (Wildman–Crippen LogP) is 12.0. The van der Waals surface area contributed by atoms with Gasteiger partial charge in [-0.3, -0.25) is 4.57 Å². The van der Waals surface area contributed by atoms with Gasteiger partial charge >= 0.3 is 0 Å². The molecule has 0 aliphatic rings. The van der Waals surface area contributed by atoms with Crippen LogP contribution in [0.3, 0.4) is 0 Å². The zero-order chi connectivity index (χ0) is 42.9. The lowest BCUT2D eigenvalue weighted by molar-refractivity contribution is 1.01. The van der Waals surface area contributed by atoms with Crippen LogP contribution in [0.2, 0.25) is 0 Å². The van der Waals surface area contributed by atoms with E-state index in [1.54, 1.807) is 0 Å². The molecule has 3 heterocycles. The first-order valence-electron chi connectivity index (χ1n) is 22.2. The van der Waals surface area contributed by atoms with Gasteiger partial charge in [0.15, 0.2) is 8.07 Å². The normalized spacial score (nSPS) is 12.0. The number of benzene rings is 10. The fourth-order valence-corrected chi connectivity index (χ4v) is 15.4. The van der Waals surface area contributed by atoms with Gasteiger partial charge in [0.2, 0.25) is 5.95 Å². The Labute approximate surface area is 377 Å². The molecule has 0 unspecified atom stereocenters. The lowest BCUT2D eigenvalue weighted by Crippen LogP contribution is -2.74. The molecule has 304 valence electrons. The first-order valence-corrected chi connectivity index (χ1v) is 24.2. The molecule has 4 nitrogen and oxygen atoms in total. The van der Waals surface area contributed by atoms with Gasteiger partial charge in [-0.25, -0.2) is 9.97 Å². The molecule has 0 atom stereocenters. The van der Waals surface area contributed by atoms with Crippen molar-refractivity contribution in [2.24, 2.45) is 0 Å². The van der Waals surface area contributed by atoms with Crippen LogP contribution in [-0.2, 0) is 0 Å². The second kappa shape index (κ2) is 14.9. The van der Waals surface area contributed by atoms with Crippen molar-refractivity contribution in [2.75, 3.05) is 0 Å². The minimum atomic E-state index is -2.84. The number of hydrogen-bond donors (Lipinski definition) is 0. The molecule has 65 heavy (non-hydrogen) atoms. The summed E-state index contributed by atoms with van der Waals surface area (Å²) in [6, 6.07) is 88.5. The molecule has 0 aliphatic carbocycles. The summed E-state index contributed by atoms with van der Waals surface area (Å²) in [5, 5.41) is 13.5. The number of nitrogens with zero attached hydrogens (tertiary/aromatic N) is 4. The number of hydrogen-bond acceptors (Lipinski definition) is 2. The van der Waals surface area contributed by atoms with Crippen molar-refractivity contribution in [2.45, 2.75) is 0 Å². The Morgan fingerprint density at radius 2 is 0.862 bits per heavy atom. The zero-order valence-corrected chi connectivity index (χ0v) is 36.4. The van der Waals surface area contributed by atoms with Gasteiger partial charge in [0.25, 0.3) is 0 Å². The molecule has 0 N–H and O–H groups in total. The molecule has 13 rings (SSSR count). The number of aromatic nitrogens is 4. The van der Waals surface area contributed by atoms with E-state index in [0.717, 1.165) is 44.4 Å². The molecule has 0 bridgehead atoms. The van der Waals surface area contributed by atoms with Gasteiger partial charge < -0.3 is 4.57 Å². The van der Waals surface area contributed by atoms with Crippen molar-refractivity contribution >= 4 is 94.1 Å². The number of fused-ring (bicyclic) bond motifs is 9. The van der Waals surface area contributed by atoms with E-state index < -0.39 is 8.07 Å². The minimum Gasteiger partial charge on any atom is -0.309 e. The fraction of sp³-hybridized carbons (Fsp3) is 0. The van der Waals surface area contributed by atoms with Gasteiger partial charge in [-0.2, -0.15) is 0 Å². The van der Waals surface area contributed by atoms with Gasteiger partial charge in [0, 0.05) is 38.2 Å². The summed E-state index contributed by atoms with van der Waals surface area (Å²) in [7, 11) is -2.84. The first-order chi connectivity index (χ1) is 32.3. The summed E-state index contributed by atoms with van der Waals surface area (Å²) in [6.07, 6.45) is 0. The molecule has 0 fully saturated rings. The van der Waals surface area contributed by atoms with E-state index in [9.17, 15) is 0 Å². The van der Waals surface area contributed by atoms with Gasteiger partial charge in [-0.15, -0.1) is 0 Å². The van der Waals surface area contributed by atoms with Gasteiger partial charge in [0.1, 0.15) is 0 Å². The Bertz CT molecular complexity index is 3840. The summed E-state index contributed by atoms with van der Waals surface area (Å²) in [5.74, 6) is 0.645. The van der Waals surface area contributed by atoms with Gasteiger partial charge in [0.05, 0.1) is 33.3 Å². The maximum Gasteiger partial charge on any atom is 0.235 e. The lowest BCUT2D eigenvalue weighted by atomic mass is 10.0. The maximum atomic E-state index is 5.61. The quantitative estimate of drug-likeness (QED) is 0.118. The van der Waals surface area contributed by atoms with E-state index in [1.165, 1.54) is 58.6 Å². The van der Waals surface area contributed by atoms with Crippen molar-refractivity contribution in [1.82, 2.24) is 19.1 Å². The standard InChI is InChI=1S/C60H40N4Si/c1-5-20-43(21-6-1)63-54-32-18-16-29-49(54)51-39-42(34-36-55(51)63)59-50-30-15-17-31-53(50)61-60(62-59)64-56-38-35-47(40-52(56)58-48-28-14-13-19-41(48)33-37-57(58)64)65(44-22-7-2-8-23-44,45-24-9-3-10-25-45)46-26-11-4-12-27-46/h1-40H. The SMILES string of the molecule is c1ccc(-n2c3ccccc3c3cc(-c4nc(-n5c6ccc([Si](c7ccccc7)(c7ccccc7)c7ccccc7)cc6c6c7ccccc7ccc65)nc5ccccc45)ccc32)cc1. The highest BCUT2D eigenvalue weighted by Gasteiger charge is 2.41. The van der Waals surface area contributed by atoms with Crippen LogP contribution >= 0.6 is 0 Å².